The Morgan fingerprint density at radius 1 is 1.42 bits per heavy atom. The van der Waals surface area contributed by atoms with Crippen molar-refractivity contribution in [2.24, 2.45) is 0 Å². The fraction of sp³-hybridized carbons (Fsp3) is 0.438. The third kappa shape index (κ3) is 4.72. The number of aromatic nitrogens is 2. The number of hydrogen-bond acceptors (Lipinski definition) is 6. The summed E-state index contributed by atoms with van der Waals surface area (Å²) in [6.45, 7) is 0.976. The molecule has 0 bridgehead atoms. The van der Waals surface area contributed by atoms with E-state index in [1.165, 1.54) is 11.8 Å². The Kier molecular flexibility index (Phi) is 6.12. The Morgan fingerprint density at radius 2 is 2.29 bits per heavy atom. The van der Waals surface area contributed by atoms with E-state index in [0.29, 0.717) is 23.2 Å². The predicted molar refractivity (Wildman–Crippen MR) is 91.7 cm³/mol. The highest BCUT2D eigenvalue weighted by molar-refractivity contribution is 7.99. The molecule has 1 amide bonds. The third-order valence-electron chi connectivity index (χ3n) is 3.58. The summed E-state index contributed by atoms with van der Waals surface area (Å²) < 4.78 is 10.7. The fourth-order valence-electron chi connectivity index (χ4n) is 2.34. The summed E-state index contributed by atoms with van der Waals surface area (Å²) in [5.41, 5.74) is 1.02. The Bertz CT molecular complexity index is 689. The molecule has 2 aromatic rings. The Hall–Kier alpha value is -1.57. The van der Waals surface area contributed by atoms with E-state index in [1.807, 2.05) is 24.3 Å². The second-order valence-corrected chi connectivity index (χ2v) is 6.80. The van der Waals surface area contributed by atoms with E-state index in [1.54, 1.807) is 0 Å². The molecule has 24 heavy (non-hydrogen) atoms. The van der Waals surface area contributed by atoms with E-state index in [9.17, 15) is 4.79 Å². The first-order chi connectivity index (χ1) is 11.7. The molecule has 1 N–H and O–H groups in total. The highest BCUT2D eigenvalue weighted by Crippen LogP contribution is 2.26. The minimum atomic E-state index is -0.104. The van der Waals surface area contributed by atoms with Gasteiger partial charge in [-0.25, -0.2) is 0 Å². The van der Waals surface area contributed by atoms with Crippen molar-refractivity contribution in [3.63, 3.8) is 0 Å². The van der Waals surface area contributed by atoms with Crippen molar-refractivity contribution in [3.05, 3.63) is 46.6 Å². The molecule has 1 unspecified atom stereocenters. The zero-order valence-electron chi connectivity index (χ0n) is 13.0. The van der Waals surface area contributed by atoms with Gasteiger partial charge in [-0.05, 0) is 24.5 Å². The van der Waals surface area contributed by atoms with Crippen molar-refractivity contribution in [3.8, 4) is 0 Å². The molecule has 0 aliphatic carbocycles. The first-order valence-corrected chi connectivity index (χ1v) is 9.27. The molecule has 1 saturated heterocycles. The Balaban J connectivity index is 1.39. The molecule has 0 saturated carbocycles. The third-order valence-corrected chi connectivity index (χ3v) is 4.93. The molecule has 1 atom stereocenters. The number of amides is 1. The summed E-state index contributed by atoms with van der Waals surface area (Å²) >= 11 is 7.59. The lowest BCUT2D eigenvalue weighted by atomic mass is 10.2. The van der Waals surface area contributed by atoms with Gasteiger partial charge in [-0.2, -0.15) is 4.98 Å². The molecule has 1 aromatic carbocycles. The van der Waals surface area contributed by atoms with Gasteiger partial charge < -0.3 is 14.6 Å². The molecule has 1 aliphatic rings. The maximum atomic E-state index is 11.9. The van der Waals surface area contributed by atoms with Crippen LogP contribution < -0.4 is 5.32 Å². The molecule has 3 rings (SSSR count). The molecule has 1 aliphatic heterocycles. The summed E-state index contributed by atoms with van der Waals surface area (Å²) in [6, 6.07) is 7.63. The summed E-state index contributed by atoms with van der Waals surface area (Å²) in [6.07, 6.45) is 1.79. The molecular weight excluding hydrogens is 350 g/mol. The maximum Gasteiger partial charge on any atom is 0.255 e. The largest absolute Gasteiger partial charge is 0.368 e. The van der Waals surface area contributed by atoms with Gasteiger partial charge >= 0.3 is 0 Å². The lowest BCUT2D eigenvalue weighted by Crippen LogP contribution is -2.25. The van der Waals surface area contributed by atoms with E-state index in [-0.39, 0.29) is 18.6 Å². The molecule has 8 heteroatoms. The van der Waals surface area contributed by atoms with Gasteiger partial charge in [-0.1, -0.05) is 35.0 Å². The van der Waals surface area contributed by atoms with Crippen LogP contribution in [0.15, 0.2) is 28.8 Å². The van der Waals surface area contributed by atoms with Crippen LogP contribution in [0.5, 0.6) is 0 Å². The van der Waals surface area contributed by atoms with E-state index < -0.39 is 0 Å². The normalized spacial score (nSPS) is 17.1. The van der Waals surface area contributed by atoms with Gasteiger partial charge in [0.2, 0.25) is 5.91 Å². The smallest absolute Gasteiger partial charge is 0.255 e. The molecule has 2 heterocycles. The summed E-state index contributed by atoms with van der Waals surface area (Å²) in [5.74, 6) is 1.92. The van der Waals surface area contributed by atoms with Crippen molar-refractivity contribution >= 4 is 29.3 Å². The molecule has 0 spiro atoms. The number of nitrogens with one attached hydrogen (secondary N) is 1. The highest BCUT2D eigenvalue weighted by atomic mass is 35.5. The predicted octanol–water partition coefficient (Wildman–Crippen LogP) is 3.12. The van der Waals surface area contributed by atoms with Crippen LogP contribution in [-0.2, 0) is 21.8 Å². The number of rotatable bonds is 7. The number of carbonyl (C=O) groups excluding carboxylic acids is 1. The second kappa shape index (κ2) is 8.50. The van der Waals surface area contributed by atoms with Gasteiger partial charge in [0, 0.05) is 17.4 Å². The number of halogens is 1. The van der Waals surface area contributed by atoms with Crippen LogP contribution in [0.4, 0.5) is 0 Å². The number of ether oxygens (including phenoxy) is 1. The van der Waals surface area contributed by atoms with Crippen LogP contribution in [0.2, 0.25) is 5.02 Å². The standard InChI is InChI=1S/C16H18ClN3O3S/c17-12-5-2-1-4-11(12)9-24-10-15(21)18-8-14-19-16(23-20-14)13-6-3-7-22-13/h1-2,4-5,13H,3,6-10H2,(H,18,21). The van der Waals surface area contributed by atoms with E-state index in [2.05, 4.69) is 15.5 Å². The van der Waals surface area contributed by atoms with Crippen molar-refractivity contribution in [2.75, 3.05) is 12.4 Å². The lowest BCUT2D eigenvalue weighted by molar-refractivity contribution is -0.118. The van der Waals surface area contributed by atoms with Crippen molar-refractivity contribution in [2.45, 2.75) is 31.2 Å². The lowest BCUT2D eigenvalue weighted by Gasteiger charge is -2.04. The van der Waals surface area contributed by atoms with Crippen LogP contribution in [0.1, 0.15) is 36.2 Å². The highest BCUT2D eigenvalue weighted by Gasteiger charge is 2.23. The van der Waals surface area contributed by atoms with Crippen molar-refractivity contribution < 1.29 is 14.1 Å². The van der Waals surface area contributed by atoms with E-state index >= 15 is 0 Å². The quantitative estimate of drug-likeness (QED) is 0.810. The van der Waals surface area contributed by atoms with E-state index in [4.69, 9.17) is 20.9 Å². The molecule has 128 valence electrons. The number of nitrogens with zero attached hydrogens (tertiary/aromatic N) is 2. The molecule has 1 aromatic heterocycles. The maximum absolute atomic E-state index is 11.9. The molecular formula is C16H18ClN3O3S. The van der Waals surface area contributed by atoms with E-state index in [0.717, 1.165) is 30.0 Å². The Morgan fingerprint density at radius 3 is 3.08 bits per heavy atom. The number of carbonyl (C=O) groups is 1. The van der Waals surface area contributed by atoms with Crippen LogP contribution in [0.25, 0.3) is 0 Å². The molecule has 6 nitrogen and oxygen atoms in total. The fourth-order valence-corrected chi connectivity index (χ4v) is 3.48. The average molecular weight is 368 g/mol. The van der Waals surface area contributed by atoms with Crippen molar-refractivity contribution in [1.82, 2.24) is 15.5 Å². The van der Waals surface area contributed by atoms with Gasteiger partial charge in [-0.15, -0.1) is 11.8 Å². The van der Waals surface area contributed by atoms with Gasteiger partial charge in [0.25, 0.3) is 5.89 Å². The first-order valence-electron chi connectivity index (χ1n) is 7.74. The van der Waals surface area contributed by atoms with Gasteiger partial charge in [0.15, 0.2) is 5.82 Å². The van der Waals surface area contributed by atoms with Gasteiger partial charge in [-0.3, -0.25) is 4.79 Å². The number of thioether (sulfide) groups is 1. The summed E-state index contributed by atoms with van der Waals surface area (Å²) in [7, 11) is 0. The van der Waals surface area contributed by atoms with Crippen LogP contribution in [-0.4, -0.2) is 28.4 Å². The molecule has 1 fully saturated rings. The number of hydrogen-bond donors (Lipinski definition) is 1. The van der Waals surface area contributed by atoms with Crippen LogP contribution in [0, 0.1) is 0 Å². The summed E-state index contributed by atoms with van der Waals surface area (Å²) in [4.78, 5) is 16.1. The number of benzene rings is 1. The molecule has 0 radical (unpaired) electrons. The first kappa shape index (κ1) is 17.3. The topological polar surface area (TPSA) is 77.2 Å². The van der Waals surface area contributed by atoms with Gasteiger partial charge in [0.05, 0.1) is 12.3 Å². The van der Waals surface area contributed by atoms with Crippen LogP contribution in [0.3, 0.4) is 0 Å². The average Bonchev–Trinajstić information content (AvgIpc) is 3.26. The Labute approximate surface area is 149 Å². The van der Waals surface area contributed by atoms with Crippen molar-refractivity contribution in [1.29, 1.82) is 0 Å². The minimum absolute atomic E-state index is 0.0736. The zero-order chi connectivity index (χ0) is 16.8. The SMILES string of the molecule is O=C(CSCc1ccccc1Cl)NCc1noc(C2CCCO2)n1. The van der Waals surface area contributed by atoms with Crippen LogP contribution >= 0.6 is 23.4 Å². The zero-order valence-corrected chi connectivity index (χ0v) is 14.6. The van der Waals surface area contributed by atoms with Gasteiger partial charge in [0.1, 0.15) is 6.10 Å². The second-order valence-electron chi connectivity index (χ2n) is 5.41. The minimum Gasteiger partial charge on any atom is -0.368 e. The summed E-state index contributed by atoms with van der Waals surface area (Å²) in [5, 5.41) is 7.37. The monoisotopic (exact) mass is 367 g/mol.